The summed E-state index contributed by atoms with van der Waals surface area (Å²) < 4.78 is 37.7. The first-order chi connectivity index (χ1) is 8.08. The zero-order valence-corrected chi connectivity index (χ0v) is 10.9. The van der Waals surface area contributed by atoms with E-state index < -0.39 is 17.6 Å². The lowest BCUT2D eigenvalue weighted by molar-refractivity contribution is -0.187. The van der Waals surface area contributed by atoms with Crippen molar-refractivity contribution >= 4 is 5.91 Å². The second-order valence-corrected chi connectivity index (χ2v) is 5.75. The third-order valence-electron chi connectivity index (χ3n) is 3.80. The van der Waals surface area contributed by atoms with Crippen molar-refractivity contribution in [1.82, 2.24) is 5.32 Å². The fourth-order valence-corrected chi connectivity index (χ4v) is 2.19. The topological polar surface area (TPSA) is 55.1 Å². The van der Waals surface area contributed by atoms with Gasteiger partial charge >= 0.3 is 6.18 Å². The number of alkyl halides is 3. The van der Waals surface area contributed by atoms with Crippen molar-refractivity contribution in [1.29, 1.82) is 0 Å². The predicted molar refractivity (Wildman–Crippen MR) is 62.8 cm³/mol. The smallest absolute Gasteiger partial charge is 0.354 e. The molecule has 0 aromatic heterocycles. The number of amides is 1. The summed E-state index contributed by atoms with van der Waals surface area (Å²) in [6, 6.07) is 0. The van der Waals surface area contributed by atoms with Gasteiger partial charge in [-0.1, -0.05) is 26.2 Å². The van der Waals surface area contributed by atoms with Crippen LogP contribution in [0.4, 0.5) is 13.2 Å². The van der Waals surface area contributed by atoms with Gasteiger partial charge in [-0.05, 0) is 25.2 Å². The Labute approximate surface area is 105 Å². The van der Waals surface area contributed by atoms with E-state index in [1.165, 1.54) is 0 Å². The second-order valence-electron chi connectivity index (χ2n) is 5.75. The fourth-order valence-electron chi connectivity index (χ4n) is 2.19. The summed E-state index contributed by atoms with van der Waals surface area (Å²) >= 11 is 0. The van der Waals surface area contributed by atoms with Crippen molar-refractivity contribution in [3.63, 3.8) is 0 Å². The molecule has 0 heterocycles. The van der Waals surface area contributed by atoms with E-state index in [1.807, 2.05) is 6.92 Å². The van der Waals surface area contributed by atoms with Gasteiger partial charge in [-0.15, -0.1) is 0 Å². The first kappa shape index (κ1) is 15.3. The summed E-state index contributed by atoms with van der Waals surface area (Å²) in [6.45, 7) is 2.95. The maximum Gasteiger partial charge on any atom is 0.415 e. The standard InChI is InChI=1S/C12H21F3N2O/c1-10(6-4-3-5-7-10)8-17-9(18)11(2,16)12(13,14)15/h3-8,16H2,1-2H3,(H,17,18). The van der Waals surface area contributed by atoms with Crippen LogP contribution in [0.25, 0.3) is 0 Å². The van der Waals surface area contributed by atoms with Crippen molar-refractivity contribution < 1.29 is 18.0 Å². The third-order valence-corrected chi connectivity index (χ3v) is 3.80. The van der Waals surface area contributed by atoms with E-state index in [9.17, 15) is 18.0 Å². The van der Waals surface area contributed by atoms with Gasteiger partial charge in [0.15, 0.2) is 5.54 Å². The molecule has 6 heteroatoms. The number of halogens is 3. The lowest BCUT2D eigenvalue weighted by Crippen LogP contribution is -2.62. The van der Waals surface area contributed by atoms with E-state index in [0.717, 1.165) is 32.1 Å². The summed E-state index contributed by atoms with van der Waals surface area (Å²) in [5.74, 6) is -1.15. The van der Waals surface area contributed by atoms with Crippen LogP contribution in [0.5, 0.6) is 0 Å². The van der Waals surface area contributed by atoms with Crippen LogP contribution in [-0.2, 0) is 4.79 Å². The van der Waals surface area contributed by atoms with Gasteiger partial charge in [0.2, 0.25) is 5.91 Å². The summed E-state index contributed by atoms with van der Waals surface area (Å²) in [5.41, 5.74) is 2.14. The summed E-state index contributed by atoms with van der Waals surface area (Å²) in [4.78, 5) is 11.5. The van der Waals surface area contributed by atoms with Crippen LogP contribution in [0.15, 0.2) is 0 Å². The minimum atomic E-state index is -4.73. The van der Waals surface area contributed by atoms with Crippen molar-refractivity contribution in [3.05, 3.63) is 0 Å². The number of nitrogens with one attached hydrogen (secondary N) is 1. The third kappa shape index (κ3) is 3.37. The van der Waals surface area contributed by atoms with E-state index in [-0.39, 0.29) is 12.0 Å². The molecule has 106 valence electrons. The molecule has 0 spiro atoms. The van der Waals surface area contributed by atoms with Crippen molar-refractivity contribution in [2.45, 2.75) is 57.7 Å². The van der Waals surface area contributed by atoms with E-state index in [0.29, 0.717) is 6.92 Å². The zero-order chi connectivity index (χ0) is 14.0. The SMILES string of the molecule is CC1(CNC(=O)C(C)(N)C(F)(F)F)CCCCC1. The first-order valence-electron chi connectivity index (χ1n) is 6.22. The Kier molecular flexibility index (Phi) is 4.30. The molecule has 0 radical (unpaired) electrons. The Balaban J connectivity index is 2.55. The molecule has 0 aromatic rings. The van der Waals surface area contributed by atoms with Crippen LogP contribution in [0.1, 0.15) is 46.0 Å². The van der Waals surface area contributed by atoms with Crippen molar-refractivity contribution in [2.24, 2.45) is 11.1 Å². The van der Waals surface area contributed by atoms with Gasteiger partial charge < -0.3 is 11.1 Å². The Hall–Kier alpha value is -0.780. The number of hydrogen-bond acceptors (Lipinski definition) is 2. The molecule has 18 heavy (non-hydrogen) atoms. The molecule has 1 aliphatic carbocycles. The Morgan fingerprint density at radius 1 is 1.28 bits per heavy atom. The molecule has 1 unspecified atom stereocenters. The van der Waals surface area contributed by atoms with Crippen LogP contribution < -0.4 is 11.1 Å². The highest BCUT2D eigenvalue weighted by Gasteiger charge is 2.54. The first-order valence-corrected chi connectivity index (χ1v) is 6.22. The zero-order valence-electron chi connectivity index (χ0n) is 10.9. The maximum absolute atomic E-state index is 12.6. The minimum Gasteiger partial charge on any atom is -0.354 e. The number of carbonyl (C=O) groups excluding carboxylic acids is 1. The summed E-state index contributed by atoms with van der Waals surface area (Å²) in [6.07, 6.45) is 0.406. The predicted octanol–water partition coefficient (Wildman–Crippen LogP) is 2.35. The molecule has 0 aromatic carbocycles. The molecular weight excluding hydrogens is 245 g/mol. The normalized spacial score (nSPS) is 23.2. The largest absolute Gasteiger partial charge is 0.415 e. The fraction of sp³-hybridized carbons (Fsp3) is 0.917. The lowest BCUT2D eigenvalue weighted by Gasteiger charge is -2.35. The van der Waals surface area contributed by atoms with Gasteiger partial charge in [0.25, 0.3) is 0 Å². The number of carbonyl (C=O) groups is 1. The Morgan fingerprint density at radius 3 is 2.22 bits per heavy atom. The average molecular weight is 266 g/mol. The highest BCUT2D eigenvalue weighted by atomic mass is 19.4. The molecule has 1 fully saturated rings. The Bertz CT molecular complexity index is 307. The minimum absolute atomic E-state index is 0.102. The lowest BCUT2D eigenvalue weighted by atomic mass is 9.75. The van der Waals surface area contributed by atoms with Crippen LogP contribution in [0.2, 0.25) is 0 Å². The molecule has 1 atom stereocenters. The monoisotopic (exact) mass is 266 g/mol. The van der Waals surface area contributed by atoms with Gasteiger partial charge in [0, 0.05) is 6.54 Å². The van der Waals surface area contributed by atoms with Crippen LogP contribution in [0.3, 0.4) is 0 Å². The van der Waals surface area contributed by atoms with Gasteiger partial charge in [-0.2, -0.15) is 13.2 Å². The quantitative estimate of drug-likeness (QED) is 0.824. The molecule has 0 bridgehead atoms. The molecule has 3 nitrogen and oxygen atoms in total. The number of nitrogens with two attached hydrogens (primary N) is 1. The van der Waals surface area contributed by atoms with E-state index in [1.54, 1.807) is 0 Å². The van der Waals surface area contributed by atoms with Gasteiger partial charge in [0.1, 0.15) is 0 Å². The van der Waals surface area contributed by atoms with Gasteiger partial charge in [-0.3, -0.25) is 4.79 Å². The molecule has 3 N–H and O–H groups in total. The van der Waals surface area contributed by atoms with Gasteiger partial charge in [-0.25, -0.2) is 0 Å². The highest BCUT2D eigenvalue weighted by Crippen LogP contribution is 2.35. The van der Waals surface area contributed by atoms with Crippen molar-refractivity contribution in [2.75, 3.05) is 6.54 Å². The van der Waals surface area contributed by atoms with E-state index >= 15 is 0 Å². The van der Waals surface area contributed by atoms with E-state index in [4.69, 9.17) is 5.73 Å². The molecule has 1 rings (SSSR count). The molecule has 0 saturated heterocycles. The van der Waals surface area contributed by atoms with Crippen molar-refractivity contribution in [3.8, 4) is 0 Å². The maximum atomic E-state index is 12.6. The number of hydrogen-bond donors (Lipinski definition) is 2. The Morgan fingerprint density at radius 2 is 1.78 bits per heavy atom. The van der Waals surface area contributed by atoms with Crippen LogP contribution >= 0.6 is 0 Å². The molecule has 0 aliphatic heterocycles. The number of rotatable bonds is 3. The van der Waals surface area contributed by atoms with Gasteiger partial charge in [0.05, 0.1) is 0 Å². The second kappa shape index (κ2) is 5.07. The molecule has 1 aliphatic rings. The molecule has 1 amide bonds. The average Bonchev–Trinajstić information content (AvgIpc) is 2.25. The van der Waals surface area contributed by atoms with Crippen LogP contribution in [0, 0.1) is 5.41 Å². The summed E-state index contributed by atoms with van der Waals surface area (Å²) in [5, 5.41) is 2.36. The van der Waals surface area contributed by atoms with Crippen LogP contribution in [-0.4, -0.2) is 24.2 Å². The molecular formula is C12H21F3N2O. The summed E-state index contributed by atoms with van der Waals surface area (Å²) in [7, 11) is 0. The highest BCUT2D eigenvalue weighted by molar-refractivity contribution is 5.86. The van der Waals surface area contributed by atoms with E-state index in [2.05, 4.69) is 5.32 Å². The molecule has 1 saturated carbocycles.